The normalized spacial score (nSPS) is 10.3. The number of hydrogen-bond donors (Lipinski definition) is 10. The van der Waals surface area contributed by atoms with Crippen LogP contribution in [0.15, 0.2) is 175 Å². The van der Waals surface area contributed by atoms with Crippen LogP contribution in [0, 0.1) is 45.6 Å². The summed E-state index contributed by atoms with van der Waals surface area (Å²) in [6.07, 6.45) is 0. The molecule has 0 aromatic heterocycles. The van der Waals surface area contributed by atoms with E-state index in [1.807, 2.05) is 119 Å². The third kappa shape index (κ3) is 18.8. The van der Waals surface area contributed by atoms with Crippen LogP contribution in [-0.4, -0.2) is 34.8 Å². The van der Waals surface area contributed by atoms with Crippen molar-refractivity contribution < 1.29 is 33.6 Å². The summed E-state index contributed by atoms with van der Waals surface area (Å²) in [7, 11) is -3.71. The van der Waals surface area contributed by atoms with Gasteiger partial charge in [0.2, 0.25) is 22.5 Å². The summed E-state index contributed by atoms with van der Waals surface area (Å²) in [6, 6.07) is 52.2. The van der Waals surface area contributed by atoms with Crippen LogP contribution in [0.5, 0.6) is 23.0 Å². The number of aromatic hydroxyl groups is 4. The smallest absolute Gasteiger partial charge is 0.248 e. The first-order valence-electron chi connectivity index (χ1n) is 23.8. The van der Waals surface area contributed by atoms with E-state index in [-0.39, 0.29) is 22.1 Å². The number of hydrogen-bond acceptors (Lipinski definition) is 12. The first-order chi connectivity index (χ1) is 36.3. The van der Waals surface area contributed by atoms with Gasteiger partial charge >= 0.3 is 0 Å². The lowest BCUT2D eigenvalue weighted by Gasteiger charge is -2.10. The van der Waals surface area contributed by atoms with Crippen molar-refractivity contribution in [1.29, 1.82) is 5.26 Å². The molecule has 0 aliphatic heterocycles. The molecule has 76 heavy (non-hydrogen) atoms. The molecule has 390 valence electrons. The van der Waals surface area contributed by atoms with Gasteiger partial charge < -0.3 is 52.3 Å². The number of sulfonamides is 1. The number of phenolic OH excluding ortho intramolecular Hbond substituents is 4. The van der Waals surface area contributed by atoms with Gasteiger partial charge in [0.1, 0.15) is 23.0 Å². The average molecular weight is 1040 g/mol. The molecule has 8 rings (SSSR count). The topological polar surface area (TPSA) is 260 Å². The number of carbonyl (C=O) groups is 1. The van der Waals surface area contributed by atoms with E-state index in [1.165, 1.54) is 12.1 Å². The number of nitrogens with two attached hydrogens (primary N) is 2. The number of benzene rings is 8. The minimum absolute atomic E-state index is 0.0518. The molecule has 12 N–H and O–H groups in total. The van der Waals surface area contributed by atoms with E-state index in [0.29, 0.717) is 55.3 Å². The molecule has 15 nitrogen and oxygen atoms in total. The molecule has 0 aliphatic rings. The third-order valence-corrected chi connectivity index (χ3v) is 12.3. The number of primary amides is 1. The number of anilines is 4. The molecule has 0 atom stereocenters. The van der Waals surface area contributed by atoms with Crippen LogP contribution >= 0.6 is 0 Å². The summed E-state index contributed by atoms with van der Waals surface area (Å²) >= 11 is 0. The maximum absolute atomic E-state index is 11.3. The summed E-state index contributed by atoms with van der Waals surface area (Å²) in [6.45, 7) is 17.1. The van der Waals surface area contributed by atoms with Crippen molar-refractivity contribution >= 4 is 38.7 Å². The zero-order chi connectivity index (χ0) is 55.2. The highest BCUT2D eigenvalue weighted by Gasteiger charge is 2.10. The summed E-state index contributed by atoms with van der Waals surface area (Å²) < 4.78 is 22.5. The predicted octanol–water partition coefficient (Wildman–Crippen LogP) is 11.3. The van der Waals surface area contributed by atoms with E-state index in [0.717, 1.165) is 67.1 Å². The second-order valence-corrected chi connectivity index (χ2v) is 19.2. The number of nitriles is 1. The van der Waals surface area contributed by atoms with Crippen LogP contribution in [0.25, 0.3) is 4.85 Å². The maximum atomic E-state index is 11.3. The molecule has 8 aromatic carbocycles. The number of rotatable bonds is 15. The predicted molar refractivity (Wildman–Crippen MR) is 301 cm³/mol. The number of nitrogens with one attached hydrogen (secondary N) is 4. The molecular formula is C60H62N8O7S. The molecule has 16 heteroatoms. The molecule has 0 heterocycles. The highest BCUT2D eigenvalue weighted by Crippen LogP contribution is 2.24. The van der Waals surface area contributed by atoms with Crippen molar-refractivity contribution in [2.45, 2.75) is 65.3 Å². The average Bonchev–Trinajstić information content (AvgIpc) is 3.40. The molecule has 0 saturated heterocycles. The van der Waals surface area contributed by atoms with E-state index < -0.39 is 15.9 Å². The Morgan fingerprint density at radius 3 is 1.29 bits per heavy atom. The van der Waals surface area contributed by atoms with Gasteiger partial charge in [0.25, 0.3) is 0 Å². The first kappa shape index (κ1) is 57.4. The Hall–Kier alpha value is -9.48. The van der Waals surface area contributed by atoms with Gasteiger partial charge in [0.05, 0.1) is 16.5 Å². The van der Waals surface area contributed by atoms with Gasteiger partial charge in [0, 0.05) is 82.3 Å². The van der Waals surface area contributed by atoms with Crippen molar-refractivity contribution in [2.75, 3.05) is 21.3 Å². The minimum atomic E-state index is -3.71. The Morgan fingerprint density at radius 2 is 0.895 bits per heavy atom. The van der Waals surface area contributed by atoms with Crippen molar-refractivity contribution in [3.05, 3.63) is 242 Å². The lowest BCUT2D eigenvalue weighted by Crippen LogP contribution is -2.12. The van der Waals surface area contributed by atoms with Gasteiger partial charge in [-0.15, -0.1) is 0 Å². The third-order valence-electron chi connectivity index (χ3n) is 11.4. The van der Waals surface area contributed by atoms with Crippen LogP contribution in [0.4, 0.5) is 22.7 Å². The molecule has 0 bridgehead atoms. The highest BCUT2D eigenvalue weighted by molar-refractivity contribution is 7.89. The number of aryl methyl sites for hydroxylation is 4. The number of phenols is 4. The van der Waals surface area contributed by atoms with Crippen LogP contribution in [0.1, 0.15) is 66.0 Å². The fourth-order valence-corrected chi connectivity index (χ4v) is 7.91. The second-order valence-electron chi connectivity index (χ2n) is 17.7. The molecule has 0 spiro atoms. The first-order valence-corrected chi connectivity index (χ1v) is 25.4. The molecule has 0 unspecified atom stereocenters. The van der Waals surface area contributed by atoms with E-state index in [4.69, 9.17) is 22.7 Å². The van der Waals surface area contributed by atoms with Crippen molar-refractivity contribution in [1.82, 2.24) is 0 Å². The van der Waals surface area contributed by atoms with Crippen LogP contribution < -0.4 is 32.1 Å². The lowest BCUT2D eigenvalue weighted by atomic mass is 10.1. The summed E-state index contributed by atoms with van der Waals surface area (Å²) in [4.78, 5) is 14.5. The number of primary sulfonamides is 1. The number of amides is 1. The van der Waals surface area contributed by atoms with Crippen molar-refractivity contribution in [3.63, 3.8) is 0 Å². The van der Waals surface area contributed by atoms with Gasteiger partial charge in [-0.1, -0.05) is 101 Å². The second kappa shape index (κ2) is 28.1. The van der Waals surface area contributed by atoms with E-state index in [1.54, 1.807) is 66.7 Å². The number of nitrogens with zero attached hydrogens (tertiary/aromatic N) is 2. The SMILES string of the molecule is Cc1ccc(O)c(CNc2cccc(C#N)c2)c1.Cc1ccc(O)c(CNc2cccc(C(N)=O)c2)c1.Cc1ccc(O)c(CNc2cccc(S(N)(=O)=O)c2)c1.[C-]#[N+]Cc1cccc(NCc2cc(C)ccc2O)c1. The van der Waals surface area contributed by atoms with Gasteiger partial charge in [-0.05, 0) is 119 Å². The highest BCUT2D eigenvalue weighted by atomic mass is 32.2. The van der Waals surface area contributed by atoms with Gasteiger partial charge in [-0.2, -0.15) is 5.26 Å². The van der Waals surface area contributed by atoms with Crippen LogP contribution in [0.2, 0.25) is 0 Å². The Kier molecular flexibility index (Phi) is 21.2. The Bertz CT molecular complexity index is 3460. The van der Waals surface area contributed by atoms with Crippen LogP contribution in [0.3, 0.4) is 0 Å². The Morgan fingerprint density at radius 1 is 0.526 bits per heavy atom. The molecular weight excluding hydrogens is 977 g/mol. The fraction of sp³-hybridized carbons (Fsp3) is 0.150. The van der Waals surface area contributed by atoms with E-state index >= 15 is 0 Å². The van der Waals surface area contributed by atoms with Gasteiger partial charge in [0.15, 0.2) is 0 Å². The molecule has 1 amide bonds. The summed E-state index contributed by atoms with van der Waals surface area (Å²) in [5, 5.41) is 65.5. The van der Waals surface area contributed by atoms with Gasteiger partial charge in [-0.25, -0.2) is 20.1 Å². The largest absolute Gasteiger partial charge is 0.508 e. The zero-order valence-electron chi connectivity index (χ0n) is 42.7. The van der Waals surface area contributed by atoms with Crippen molar-refractivity contribution in [3.8, 4) is 29.1 Å². The Labute approximate surface area is 444 Å². The molecule has 8 aromatic rings. The molecule has 0 fully saturated rings. The minimum Gasteiger partial charge on any atom is -0.508 e. The van der Waals surface area contributed by atoms with E-state index in [2.05, 4.69) is 32.2 Å². The standard InChI is InChI=1S/C16H16N2O.C15H16N2O2.C15H14N2O.C14H16N2O3S/c1-12-6-7-16(19)14(8-12)11-18-15-5-3-4-13(9-15)10-17-2;1-10-5-6-14(18)12(7-10)9-17-13-4-2-3-11(8-13)15(16)19;1-11-5-6-15(18)13(7-11)10-17-14-4-2-3-12(8-14)9-16;1-10-5-6-14(17)11(7-10)9-16-12-3-2-4-13(8-12)20(15,18)19/h3-9,18-19H,10-11H2,1H3;2-8,17-18H,9H2,1H3,(H2,16,19);2-8,17-18H,10H2,1H3;2-8,16-17H,9H2,1H3,(H2,15,18,19). The lowest BCUT2D eigenvalue weighted by molar-refractivity contribution is 0.1000. The molecule has 0 saturated carbocycles. The number of carbonyl (C=O) groups excluding carboxylic acids is 1. The zero-order valence-corrected chi connectivity index (χ0v) is 43.5. The van der Waals surface area contributed by atoms with E-state index in [9.17, 15) is 33.6 Å². The molecule has 0 aliphatic carbocycles. The summed E-state index contributed by atoms with van der Waals surface area (Å²) in [5.74, 6) is 0.580. The van der Waals surface area contributed by atoms with Crippen molar-refractivity contribution in [2.24, 2.45) is 10.9 Å². The molecule has 0 radical (unpaired) electrons. The Balaban J connectivity index is 0.000000187. The maximum Gasteiger partial charge on any atom is 0.248 e. The van der Waals surface area contributed by atoms with Crippen LogP contribution in [-0.2, 0) is 42.7 Å². The van der Waals surface area contributed by atoms with Gasteiger partial charge in [-0.3, -0.25) is 4.79 Å². The fourth-order valence-electron chi connectivity index (χ4n) is 7.35. The monoisotopic (exact) mass is 1040 g/mol. The summed E-state index contributed by atoms with van der Waals surface area (Å²) in [5.41, 5.74) is 18.2. The quantitative estimate of drug-likeness (QED) is 0.0430.